The van der Waals surface area contributed by atoms with Crippen molar-refractivity contribution in [1.29, 1.82) is 0 Å². The molecule has 1 amide bonds. The second-order valence-corrected chi connectivity index (χ2v) is 4.57. The van der Waals surface area contributed by atoms with Gasteiger partial charge in [-0.25, -0.2) is 13.1 Å². The standard InChI is InChI=1S/C6H14N2O3S2/c1-2-8-13(10,11)4-3-7-6(9)5-12/h8,12H,2-5H2,1H3,(H,7,9). The fourth-order valence-electron chi connectivity index (χ4n) is 0.673. The van der Waals surface area contributed by atoms with Crippen molar-refractivity contribution in [1.82, 2.24) is 10.0 Å². The summed E-state index contributed by atoms with van der Waals surface area (Å²) in [6.07, 6.45) is 0. The number of rotatable bonds is 6. The topological polar surface area (TPSA) is 75.3 Å². The predicted octanol–water partition coefficient (Wildman–Crippen LogP) is -1.03. The minimum Gasteiger partial charge on any atom is -0.354 e. The summed E-state index contributed by atoms with van der Waals surface area (Å²) in [5, 5.41) is 2.41. The second kappa shape index (κ2) is 6.22. The number of nitrogens with one attached hydrogen (secondary N) is 2. The molecule has 0 atom stereocenters. The van der Waals surface area contributed by atoms with Crippen molar-refractivity contribution >= 4 is 28.6 Å². The van der Waals surface area contributed by atoms with E-state index in [-0.39, 0.29) is 24.0 Å². The lowest BCUT2D eigenvalue weighted by Gasteiger charge is -2.04. The molecule has 0 aliphatic heterocycles. The fraction of sp³-hybridized carbons (Fsp3) is 0.833. The summed E-state index contributed by atoms with van der Waals surface area (Å²) in [4.78, 5) is 10.7. The first kappa shape index (κ1) is 12.7. The molecule has 0 saturated heterocycles. The third kappa shape index (κ3) is 6.85. The lowest BCUT2D eigenvalue weighted by molar-refractivity contribution is -0.118. The highest BCUT2D eigenvalue weighted by Gasteiger charge is 2.07. The molecule has 0 saturated carbocycles. The molecule has 0 aliphatic carbocycles. The summed E-state index contributed by atoms with van der Waals surface area (Å²) in [6, 6.07) is 0. The van der Waals surface area contributed by atoms with Crippen LogP contribution in [-0.4, -0.2) is 38.9 Å². The number of carbonyl (C=O) groups excluding carboxylic acids is 1. The predicted molar refractivity (Wildman–Crippen MR) is 54.3 cm³/mol. The molecular weight excluding hydrogens is 212 g/mol. The van der Waals surface area contributed by atoms with Gasteiger partial charge in [-0.15, -0.1) is 0 Å². The number of amides is 1. The lowest BCUT2D eigenvalue weighted by Crippen LogP contribution is -2.34. The van der Waals surface area contributed by atoms with E-state index in [0.29, 0.717) is 6.54 Å². The number of sulfonamides is 1. The van der Waals surface area contributed by atoms with Crippen LogP contribution in [0.3, 0.4) is 0 Å². The first-order chi connectivity index (χ1) is 6.02. The van der Waals surface area contributed by atoms with Crippen molar-refractivity contribution in [2.45, 2.75) is 6.92 Å². The van der Waals surface area contributed by atoms with Crippen LogP contribution in [0.4, 0.5) is 0 Å². The van der Waals surface area contributed by atoms with Crippen LogP contribution in [0.15, 0.2) is 0 Å². The average Bonchev–Trinajstić information content (AvgIpc) is 2.03. The molecule has 0 bridgehead atoms. The molecule has 0 fully saturated rings. The van der Waals surface area contributed by atoms with E-state index >= 15 is 0 Å². The van der Waals surface area contributed by atoms with Gasteiger partial charge in [0.15, 0.2) is 0 Å². The molecule has 78 valence electrons. The Kier molecular flexibility index (Phi) is 6.10. The highest BCUT2D eigenvalue weighted by molar-refractivity contribution is 7.89. The molecule has 0 aromatic carbocycles. The van der Waals surface area contributed by atoms with Gasteiger partial charge in [-0.05, 0) is 0 Å². The quantitative estimate of drug-likeness (QED) is 0.507. The third-order valence-corrected chi connectivity index (χ3v) is 2.96. The monoisotopic (exact) mass is 226 g/mol. The van der Waals surface area contributed by atoms with Gasteiger partial charge in [0.1, 0.15) is 0 Å². The number of hydrogen-bond acceptors (Lipinski definition) is 4. The molecular formula is C6H14N2O3S2. The van der Waals surface area contributed by atoms with E-state index in [1.165, 1.54) is 0 Å². The van der Waals surface area contributed by atoms with Crippen LogP contribution in [0.25, 0.3) is 0 Å². The summed E-state index contributed by atoms with van der Waals surface area (Å²) in [5.41, 5.74) is 0. The van der Waals surface area contributed by atoms with Gasteiger partial charge in [0.05, 0.1) is 11.5 Å². The van der Waals surface area contributed by atoms with E-state index in [4.69, 9.17) is 0 Å². The summed E-state index contributed by atoms with van der Waals surface area (Å²) >= 11 is 3.73. The first-order valence-corrected chi connectivity index (χ1v) is 6.15. The van der Waals surface area contributed by atoms with E-state index in [1.54, 1.807) is 6.92 Å². The van der Waals surface area contributed by atoms with Crippen molar-refractivity contribution in [3.05, 3.63) is 0 Å². The van der Waals surface area contributed by atoms with Crippen LogP contribution in [0, 0.1) is 0 Å². The van der Waals surface area contributed by atoms with Gasteiger partial charge >= 0.3 is 0 Å². The third-order valence-electron chi connectivity index (χ3n) is 1.20. The number of carbonyl (C=O) groups is 1. The van der Waals surface area contributed by atoms with Crippen molar-refractivity contribution in [3.8, 4) is 0 Å². The van der Waals surface area contributed by atoms with Gasteiger partial charge in [-0.2, -0.15) is 12.6 Å². The molecule has 0 rings (SSSR count). The van der Waals surface area contributed by atoms with Crippen LogP contribution in [0.1, 0.15) is 6.92 Å². The van der Waals surface area contributed by atoms with Crippen LogP contribution >= 0.6 is 12.6 Å². The van der Waals surface area contributed by atoms with Crippen molar-refractivity contribution in [2.75, 3.05) is 24.6 Å². The van der Waals surface area contributed by atoms with Gasteiger partial charge in [0, 0.05) is 13.1 Å². The van der Waals surface area contributed by atoms with Gasteiger partial charge in [-0.1, -0.05) is 6.92 Å². The molecule has 0 spiro atoms. The van der Waals surface area contributed by atoms with Crippen molar-refractivity contribution in [2.24, 2.45) is 0 Å². The lowest BCUT2D eigenvalue weighted by atomic mass is 10.6. The molecule has 7 heteroatoms. The van der Waals surface area contributed by atoms with Crippen LogP contribution in [-0.2, 0) is 14.8 Å². The fourth-order valence-corrected chi connectivity index (χ4v) is 1.74. The molecule has 0 radical (unpaired) electrons. The smallest absolute Gasteiger partial charge is 0.229 e. The van der Waals surface area contributed by atoms with Crippen molar-refractivity contribution in [3.63, 3.8) is 0 Å². The minimum atomic E-state index is -3.23. The zero-order valence-electron chi connectivity index (χ0n) is 7.41. The van der Waals surface area contributed by atoms with Crippen molar-refractivity contribution < 1.29 is 13.2 Å². The zero-order valence-corrected chi connectivity index (χ0v) is 9.12. The maximum atomic E-state index is 11.0. The Morgan fingerprint density at radius 3 is 2.54 bits per heavy atom. The largest absolute Gasteiger partial charge is 0.354 e. The maximum Gasteiger partial charge on any atom is 0.229 e. The van der Waals surface area contributed by atoms with E-state index in [1.807, 2.05) is 0 Å². The molecule has 5 nitrogen and oxygen atoms in total. The maximum absolute atomic E-state index is 11.0. The van der Waals surface area contributed by atoms with Crippen LogP contribution < -0.4 is 10.0 Å². The van der Waals surface area contributed by atoms with E-state index in [0.717, 1.165) is 0 Å². The van der Waals surface area contributed by atoms with E-state index in [9.17, 15) is 13.2 Å². The highest BCUT2D eigenvalue weighted by atomic mass is 32.2. The molecule has 2 N–H and O–H groups in total. The summed E-state index contributed by atoms with van der Waals surface area (Å²) in [6.45, 7) is 2.18. The Bertz CT molecular complexity index is 251. The van der Waals surface area contributed by atoms with Gasteiger partial charge in [-0.3, -0.25) is 4.79 Å². The molecule has 0 heterocycles. The SMILES string of the molecule is CCNS(=O)(=O)CCNC(=O)CS. The Hall–Kier alpha value is -0.270. The molecule has 0 unspecified atom stereocenters. The van der Waals surface area contributed by atoms with Gasteiger partial charge in [0.25, 0.3) is 0 Å². The summed E-state index contributed by atoms with van der Waals surface area (Å²) in [7, 11) is -3.23. The van der Waals surface area contributed by atoms with E-state index < -0.39 is 10.0 Å². The second-order valence-electron chi connectivity index (χ2n) is 2.32. The molecule has 0 aromatic heterocycles. The first-order valence-electron chi connectivity index (χ1n) is 3.86. The normalized spacial score (nSPS) is 11.2. The Balaban J connectivity index is 3.70. The average molecular weight is 226 g/mol. The minimum absolute atomic E-state index is 0.0707. The highest BCUT2D eigenvalue weighted by Crippen LogP contribution is 1.82. The van der Waals surface area contributed by atoms with Gasteiger partial charge in [0.2, 0.25) is 15.9 Å². The molecule has 13 heavy (non-hydrogen) atoms. The van der Waals surface area contributed by atoms with E-state index in [2.05, 4.69) is 22.7 Å². The van der Waals surface area contributed by atoms with Gasteiger partial charge < -0.3 is 5.32 Å². The number of hydrogen-bond donors (Lipinski definition) is 3. The zero-order chi connectivity index (χ0) is 10.3. The summed E-state index contributed by atoms with van der Waals surface area (Å²) < 4.78 is 24.4. The Morgan fingerprint density at radius 1 is 1.46 bits per heavy atom. The molecule has 0 aromatic rings. The Labute approximate surface area is 83.7 Å². The summed E-state index contributed by atoms with van der Waals surface area (Å²) in [5.74, 6) is -0.295. The van der Waals surface area contributed by atoms with Crippen LogP contribution in [0.5, 0.6) is 0 Å². The van der Waals surface area contributed by atoms with Crippen LogP contribution in [0.2, 0.25) is 0 Å². The Morgan fingerprint density at radius 2 is 2.08 bits per heavy atom. The number of thiol groups is 1. The molecule has 0 aliphatic rings.